The molecule has 5 nitrogen and oxygen atoms in total. The van der Waals surface area contributed by atoms with Gasteiger partial charge in [0.25, 0.3) is 5.91 Å². The van der Waals surface area contributed by atoms with Crippen molar-refractivity contribution in [1.29, 1.82) is 0 Å². The Morgan fingerprint density at radius 3 is 2.94 bits per heavy atom. The zero-order chi connectivity index (χ0) is 12.4. The zero-order valence-corrected chi connectivity index (χ0v) is 10.1. The Hall–Kier alpha value is -1.62. The first-order valence-electron chi connectivity index (χ1n) is 5.69. The number of amides is 1. The van der Waals surface area contributed by atoms with Crippen LogP contribution in [0.25, 0.3) is 0 Å². The lowest BCUT2D eigenvalue weighted by Crippen LogP contribution is -2.34. The van der Waals surface area contributed by atoms with Gasteiger partial charge in [-0.25, -0.2) is 4.98 Å². The number of carbonyl (C=O) groups excluding carboxylic acids is 1. The van der Waals surface area contributed by atoms with Crippen LogP contribution in [0.3, 0.4) is 0 Å². The van der Waals surface area contributed by atoms with E-state index in [0.717, 1.165) is 13.0 Å². The highest BCUT2D eigenvalue weighted by molar-refractivity contribution is 5.94. The molecule has 0 radical (unpaired) electrons. The fourth-order valence-electron chi connectivity index (χ4n) is 2.06. The molecule has 2 rings (SSSR count). The third-order valence-electron chi connectivity index (χ3n) is 3.17. The minimum Gasteiger partial charge on any atom is -0.505 e. The molecule has 1 amide bonds. The third-order valence-corrected chi connectivity index (χ3v) is 3.17. The lowest BCUT2D eigenvalue weighted by molar-refractivity contribution is 0.0774. The lowest BCUT2D eigenvalue weighted by atomic mass is 10.2. The Kier molecular flexibility index (Phi) is 3.28. The van der Waals surface area contributed by atoms with Crippen LogP contribution < -0.4 is 0 Å². The average molecular weight is 235 g/mol. The van der Waals surface area contributed by atoms with Gasteiger partial charge in [0.05, 0.1) is 0 Å². The summed E-state index contributed by atoms with van der Waals surface area (Å²) in [6, 6.07) is 3.49. The highest BCUT2D eigenvalue weighted by atomic mass is 16.3. The van der Waals surface area contributed by atoms with Gasteiger partial charge >= 0.3 is 0 Å². The molecule has 1 aromatic heterocycles. The molecule has 0 saturated carbocycles. The second-order valence-electron chi connectivity index (χ2n) is 4.53. The molecule has 5 heteroatoms. The maximum absolute atomic E-state index is 12.1. The van der Waals surface area contributed by atoms with Gasteiger partial charge in [-0.05, 0) is 32.6 Å². The van der Waals surface area contributed by atoms with Gasteiger partial charge in [-0.15, -0.1) is 0 Å². The molecular weight excluding hydrogens is 218 g/mol. The summed E-state index contributed by atoms with van der Waals surface area (Å²) in [6.07, 6.45) is 2.48. The normalized spacial score (nSPS) is 19.9. The molecule has 0 spiro atoms. The summed E-state index contributed by atoms with van der Waals surface area (Å²) >= 11 is 0. The van der Waals surface area contributed by atoms with E-state index in [9.17, 15) is 9.90 Å². The number of pyridine rings is 1. The molecule has 0 bridgehead atoms. The summed E-state index contributed by atoms with van der Waals surface area (Å²) in [5, 5.41) is 9.60. The van der Waals surface area contributed by atoms with Crippen molar-refractivity contribution in [3.63, 3.8) is 0 Å². The molecule has 0 aromatic carbocycles. The Balaban J connectivity index is 2.10. The molecule has 1 aliphatic rings. The largest absolute Gasteiger partial charge is 0.505 e. The van der Waals surface area contributed by atoms with E-state index in [1.165, 1.54) is 12.3 Å². The third kappa shape index (κ3) is 2.39. The van der Waals surface area contributed by atoms with Crippen LogP contribution in [0.1, 0.15) is 16.9 Å². The molecule has 1 N–H and O–H groups in total. The number of nitrogens with zero attached hydrogens (tertiary/aromatic N) is 3. The Morgan fingerprint density at radius 1 is 1.59 bits per heavy atom. The van der Waals surface area contributed by atoms with Gasteiger partial charge in [-0.3, -0.25) is 4.79 Å². The molecular formula is C12H17N3O2. The number of aromatic nitrogens is 1. The van der Waals surface area contributed by atoms with Crippen LogP contribution in [0, 0.1) is 0 Å². The predicted octanol–water partition coefficient (Wildman–Crippen LogP) is 0.563. The molecule has 1 saturated heterocycles. The van der Waals surface area contributed by atoms with Crippen molar-refractivity contribution >= 4 is 5.91 Å². The van der Waals surface area contributed by atoms with Crippen molar-refractivity contribution in [3.8, 4) is 5.75 Å². The molecule has 1 aromatic rings. The standard InChI is InChI=1S/C12H17N3O2/c1-14(2)9-5-7-15(8-9)12(17)11-10(16)4-3-6-13-11/h3-4,6,9,16H,5,7-8H2,1-2H3. The second-order valence-corrected chi connectivity index (χ2v) is 4.53. The highest BCUT2D eigenvalue weighted by Crippen LogP contribution is 2.19. The number of hydrogen-bond donors (Lipinski definition) is 1. The van der Waals surface area contributed by atoms with E-state index < -0.39 is 0 Å². The van der Waals surface area contributed by atoms with Crippen LogP contribution in [0.4, 0.5) is 0 Å². The Bertz CT molecular complexity index is 420. The number of hydrogen-bond acceptors (Lipinski definition) is 4. The number of likely N-dealkylation sites (N-methyl/N-ethyl adjacent to an activating group) is 1. The maximum Gasteiger partial charge on any atom is 0.276 e. The monoisotopic (exact) mass is 235 g/mol. The van der Waals surface area contributed by atoms with Crippen molar-refractivity contribution in [2.45, 2.75) is 12.5 Å². The molecule has 1 aliphatic heterocycles. The Labute approximate surface area is 101 Å². The maximum atomic E-state index is 12.1. The lowest BCUT2D eigenvalue weighted by Gasteiger charge is -2.20. The number of aromatic hydroxyl groups is 1. The summed E-state index contributed by atoms with van der Waals surface area (Å²) in [7, 11) is 4.02. The van der Waals surface area contributed by atoms with Crippen molar-refractivity contribution in [1.82, 2.24) is 14.8 Å². The first kappa shape index (κ1) is 11.9. The minimum atomic E-state index is -0.188. The zero-order valence-electron chi connectivity index (χ0n) is 10.1. The molecule has 0 aliphatic carbocycles. The summed E-state index contributed by atoms with van der Waals surface area (Å²) < 4.78 is 0. The van der Waals surface area contributed by atoms with Crippen molar-refractivity contribution in [2.24, 2.45) is 0 Å². The highest BCUT2D eigenvalue weighted by Gasteiger charge is 2.29. The van der Waals surface area contributed by atoms with E-state index >= 15 is 0 Å². The predicted molar refractivity (Wildman–Crippen MR) is 63.9 cm³/mol. The molecule has 2 heterocycles. The van der Waals surface area contributed by atoms with Crippen LogP contribution >= 0.6 is 0 Å². The van der Waals surface area contributed by atoms with Gasteiger partial charge < -0.3 is 14.9 Å². The van der Waals surface area contributed by atoms with Crippen LogP contribution in [-0.4, -0.2) is 59.0 Å². The summed E-state index contributed by atoms with van der Waals surface area (Å²) in [5.41, 5.74) is 0.145. The molecule has 17 heavy (non-hydrogen) atoms. The van der Waals surface area contributed by atoms with Crippen molar-refractivity contribution in [2.75, 3.05) is 27.2 Å². The van der Waals surface area contributed by atoms with Gasteiger partial charge in [-0.2, -0.15) is 0 Å². The molecule has 92 valence electrons. The van der Waals surface area contributed by atoms with Gasteiger partial charge in [0.2, 0.25) is 0 Å². The SMILES string of the molecule is CN(C)C1CCN(C(=O)c2ncccc2O)C1. The Morgan fingerprint density at radius 2 is 2.35 bits per heavy atom. The van der Waals surface area contributed by atoms with E-state index in [-0.39, 0.29) is 17.4 Å². The van der Waals surface area contributed by atoms with Crippen LogP contribution in [-0.2, 0) is 0 Å². The smallest absolute Gasteiger partial charge is 0.276 e. The van der Waals surface area contributed by atoms with Gasteiger partial charge in [0, 0.05) is 25.3 Å². The van der Waals surface area contributed by atoms with Crippen LogP contribution in [0.15, 0.2) is 18.3 Å². The number of carbonyl (C=O) groups is 1. The topological polar surface area (TPSA) is 56.7 Å². The second kappa shape index (κ2) is 4.71. The number of rotatable bonds is 2. The van der Waals surface area contributed by atoms with Gasteiger partial charge in [0.1, 0.15) is 5.75 Å². The molecule has 1 atom stereocenters. The van der Waals surface area contributed by atoms with Crippen molar-refractivity contribution in [3.05, 3.63) is 24.0 Å². The fraction of sp³-hybridized carbons (Fsp3) is 0.500. The van der Waals surface area contributed by atoms with Crippen LogP contribution in [0.2, 0.25) is 0 Å². The van der Waals surface area contributed by atoms with Gasteiger partial charge in [0.15, 0.2) is 5.69 Å². The molecule has 1 unspecified atom stereocenters. The fourth-order valence-corrected chi connectivity index (χ4v) is 2.06. The van der Waals surface area contributed by atoms with E-state index in [0.29, 0.717) is 12.6 Å². The summed E-state index contributed by atoms with van der Waals surface area (Å²) in [6.45, 7) is 1.42. The van der Waals surface area contributed by atoms with E-state index in [1.807, 2.05) is 14.1 Å². The summed E-state index contributed by atoms with van der Waals surface area (Å²) in [4.78, 5) is 19.9. The van der Waals surface area contributed by atoms with E-state index in [1.54, 1.807) is 11.0 Å². The van der Waals surface area contributed by atoms with Crippen molar-refractivity contribution < 1.29 is 9.90 Å². The average Bonchev–Trinajstić information content (AvgIpc) is 2.78. The first-order valence-corrected chi connectivity index (χ1v) is 5.69. The number of likely N-dealkylation sites (tertiary alicyclic amines) is 1. The van der Waals surface area contributed by atoms with E-state index in [2.05, 4.69) is 9.88 Å². The van der Waals surface area contributed by atoms with Crippen LogP contribution in [0.5, 0.6) is 5.75 Å². The molecule has 1 fully saturated rings. The first-order chi connectivity index (χ1) is 8.09. The van der Waals surface area contributed by atoms with Gasteiger partial charge in [-0.1, -0.05) is 0 Å². The van der Waals surface area contributed by atoms with E-state index in [4.69, 9.17) is 0 Å². The summed E-state index contributed by atoms with van der Waals surface area (Å²) in [5.74, 6) is -0.238. The minimum absolute atomic E-state index is 0.0502. The quantitative estimate of drug-likeness (QED) is 0.814.